The summed E-state index contributed by atoms with van der Waals surface area (Å²) in [4.78, 5) is 30.3. The van der Waals surface area contributed by atoms with E-state index >= 15 is 0 Å². The molecule has 3 aliphatic carbocycles. The average Bonchev–Trinajstić information content (AvgIpc) is 2.82. The first-order valence-corrected chi connectivity index (χ1v) is 12.8. The van der Waals surface area contributed by atoms with E-state index in [0.717, 1.165) is 32.1 Å². The summed E-state index contributed by atoms with van der Waals surface area (Å²) in [7, 11) is 1.98. The van der Waals surface area contributed by atoms with Crippen LogP contribution in [0.15, 0.2) is 18.2 Å². The lowest BCUT2D eigenvalue weighted by atomic mass is 9.59. The van der Waals surface area contributed by atoms with E-state index < -0.39 is 23.0 Å². The Kier molecular flexibility index (Phi) is 7.90. The van der Waals surface area contributed by atoms with E-state index in [9.17, 15) is 19.1 Å². The van der Waals surface area contributed by atoms with Crippen LogP contribution in [0.2, 0.25) is 5.02 Å². The molecule has 1 aliphatic heterocycles. The van der Waals surface area contributed by atoms with Gasteiger partial charge in [-0.15, -0.1) is 0 Å². The molecule has 1 aromatic carbocycles. The van der Waals surface area contributed by atoms with Crippen LogP contribution in [0.3, 0.4) is 0 Å². The summed E-state index contributed by atoms with van der Waals surface area (Å²) >= 11 is 5.68. The molecular weight excluding hydrogens is 475 g/mol. The van der Waals surface area contributed by atoms with Gasteiger partial charge in [-0.2, -0.15) is 0 Å². The maximum atomic E-state index is 13.6. The molecule has 8 nitrogen and oxygen atoms in total. The summed E-state index contributed by atoms with van der Waals surface area (Å²) in [5.74, 6) is -0.749. The van der Waals surface area contributed by atoms with Gasteiger partial charge in [0.1, 0.15) is 17.6 Å². The number of carbonyl (C=O) groups excluding carboxylic acids is 2. The molecule has 0 radical (unpaired) electrons. The summed E-state index contributed by atoms with van der Waals surface area (Å²) in [5.41, 5.74) is -1.19. The van der Waals surface area contributed by atoms with E-state index in [1.165, 1.54) is 12.1 Å². The number of benzene rings is 1. The number of halogens is 2. The fraction of sp³-hybridized carbons (Fsp3) is 0.680. The third-order valence-corrected chi connectivity index (χ3v) is 8.24. The highest BCUT2D eigenvalue weighted by molar-refractivity contribution is 6.30. The first-order valence-electron chi connectivity index (χ1n) is 12.5. The number of rotatable bonds is 8. The molecule has 2 atom stereocenters. The van der Waals surface area contributed by atoms with E-state index in [1.54, 1.807) is 0 Å². The molecule has 0 spiro atoms. The first kappa shape index (κ1) is 26.1. The standard InChI is InChI=1S/C25H36ClFN4O4/c1-3-10-31-12-11-30(2)20(15-31)23(34)29-25-8-6-24(7-9-25,14-21(25)32)28-22(33)16-35-17-4-5-18(26)19(27)13-17/h4-5,13,20-21,32H,3,6-12,14-16H2,1-2H3,(H,28,33)(H,29,34)/t20?,21-,24?,25?/m0/s1. The van der Waals surface area contributed by atoms with Crippen LogP contribution in [0.25, 0.3) is 0 Å². The first-order chi connectivity index (χ1) is 16.7. The molecule has 3 saturated carbocycles. The molecule has 35 heavy (non-hydrogen) atoms. The van der Waals surface area contributed by atoms with Crippen molar-refractivity contribution in [2.24, 2.45) is 0 Å². The lowest BCUT2D eigenvalue weighted by molar-refractivity contribution is -0.140. The Morgan fingerprint density at radius 3 is 2.63 bits per heavy atom. The van der Waals surface area contributed by atoms with Crippen molar-refractivity contribution in [1.82, 2.24) is 20.4 Å². The van der Waals surface area contributed by atoms with E-state index in [0.29, 0.717) is 38.6 Å². The maximum absolute atomic E-state index is 13.6. The fourth-order valence-electron chi connectivity index (χ4n) is 5.77. The monoisotopic (exact) mass is 510 g/mol. The van der Waals surface area contributed by atoms with Crippen molar-refractivity contribution in [1.29, 1.82) is 0 Å². The summed E-state index contributed by atoms with van der Waals surface area (Å²) < 4.78 is 19.0. The highest BCUT2D eigenvalue weighted by Gasteiger charge is 2.55. The van der Waals surface area contributed by atoms with Crippen LogP contribution in [0.4, 0.5) is 4.39 Å². The number of aliphatic hydroxyl groups is 1. The zero-order valence-electron chi connectivity index (χ0n) is 20.5. The Bertz CT molecular complexity index is 940. The second kappa shape index (κ2) is 10.6. The number of likely N-dealkylation sites (N-methyl/N-ethyl adjacent to an activating group) is 1. The quantitative estimate of drug-likeness (QED) is 0.495. The summed E-state index contributed by atoms with van der Waals surface area (Å²) in [6, 6.07) is 3.78. The molecule has 2 amide bonds. The molecule has 3 N–H and O–H groups in total. The zero-order chi connectivity index (χ0) is 25.2. The van der Waals surface area contributed by atoms with Crippen LogP contribution in [0, 0.1) is 5.82 Å². The normalized spacial score (nSPS) is 31.2. The number of carbonyl (C=O) groups is 2. The van der Waals surface area contributed by atoms with Gasteiger partial charge in [-0.3, -0.25) is 19.4 Å². The third-order valence-electron chi connectivity index (χ3n) is 7.93. The molecule has 1 saturated heterocycles. The molecule has 2 bridgehead atoms. The van der Waals surface area contributed by atoms with Gasteiger partial charge in [0.25, 0.3) is 5.91 Å². The van der Waals surface area contributed by atoms with Gasteiger partial charge in [0.15, 0.2) is 6.61 Å². The molecule has 194 valence electrons. The van der Waals surface area contributed by atoms with Gasteiger partial charge in [-0.05, 0) is 64.3 Å². The number of hydrogen-bond acceptors (Lipinski definition) is 6. The second-order valence-corrected chi connectivity index (χ2v) is 10.8. The third kappa shape index (κ3) is 5.74. The number of amides is 2. The van der Waals surface area contributed by atoms with Crippen molar-refractivity contribution < 1.29 is 23.8 Å². The Morgan fingerprint density at radius 2 is 1.97 bits per heavy atom. The summed E-state index contributed by atoms with van der Waals surface area (Å²) in [6.07, 6.45) is 3.19. The minimum atomic E-state index is -0.749. The molecule has 10 heteroatoms. The van der Waals surface area contributed by atoms with Crippen LogP contribution in [0.5, 0.6) is 5.75 Å². The van der Waals surface area contributed by atoms with Crippen molar-refractivity contribution >= 4 is 23.4 Å². The molecular formula is C25H36ClFN4O4. The van der Waals surface area contributed by atoms with Gasteiger partial charge in [-0.1, -0.05) is 18.5 Å². The SMILES string of the molecule is CCCN1CCN(C)C(C(=O)NC23CCC(NC(=O)COc4ccc(Cl)c(F)c4)(CC2)C[C@@H]3O)C1. The molecule has 0 aromatic heterocycles. The van der Waals surface area contributed by atoms with Gasteiger partial charge in [0, 0.05) is 31.2 Å². The number of nitrogens with zero attached hydrogens (tertiary/aromatic N) is 2. The number of piperazine rings is 1. The lowest BCUT2D eigenvalue weighted by Crippen LogP contribution is -2.72. The number of aliphatic hydroxyl groups excluding tert-OH is 1. The maximum Gasteiger partial charge on any atom is 0.258 e. The van der Waals surface area contributed by atoms with Crippen molar-refractivity contribution in [3.63, 3.8) is 0 Å². The Hall–Kier alpha value is -1.94. The zero-order valence-corrected chi connectivity index (χ0v) is 21.2. The Labute approximate surface area is 211 Å². The summed E-state index contributed by atoms with van der Waals surface area (Å²) in [5, 5.41) is 17.3. The van der Waals surface area contributed by atoms with Crippen LogP contribution < -0.4 is 15.4 Å². The van der Waals surface area contributed by atoms with Gasteiger partial charge in [0.05, 0.1) is 16.7 Å². The predicted octanol–water partition coefficient (Wildman–Crippen LogP) is 1.93. The van der Waals surface area contributed by atoms with Crippen LogP contribution in [-0.2, 0) is 9.59 Å². The van der Waals surface area contributed by atoms with Gasteiger partial charge in [0.2, 0.25) is 5.91 Å². The molecule has 4 fully saturated rings. The molecule has 5 rings (SSSR count). The predicted molar refractivity (Wildman–Crippen MR) is 131 cm³/mol. The van der Waals surface area contributed by atoms with Gasteiger partial charge >= 0.3 is 0 Å². The highest BCUT2D eigenvalue weighted by Crippen LogP contribution is 2.47. The number of hydrogen-bond donors (Lipinski definition) is 3. The van der Waals surface area contributed by atoms with Crippen LogP contribution in [0.1, 0.15) is 45.4 Å². The Balaban J connectivity index is 1.32. The van der Waals surface area contributed by atoms with E-state index in [1.807, 2.05) is 7.05 Å². The second-order valence-electron chi connectivity index (χ2n) is 10.4. The highest BCUT2D eigenvalue weighted by atomic mass is 35.5. The van der Waals surface area contributed by atoms with E-state index in [-0.39, 0.29) is 35.2 Å². The molecule has 4 aliphatic rings. The fourth-order valence-corrected chi connectivity index (χ4v) is 5.89. The van der Waals surface area contributed by atoms with Crippen molar-refractivity contribution in [2.75, 3.05) is 39.8 Å². The molecule has 1 unspecified atom stereocenters. The molecule has 1 heterocycles. The van der Waals surface area contributed by atoms with Gasteiger partial charge in [-0.25, -0.2) is 4.39 Å². The average molecular weight is 511 g/mol. The van der Waals surface area contributed by atoms with Crippen molar-refractivity contribution in [2.45, 2.75) is 68.7 Å². The number of ether oxygens (including phenoxy) is 1. The molecule has 1 aromatic rings. The minimum absolute atomic E-state index is 0.0110. The van der Waals surface area contributed by atoms with Crippen LogP contribution in [-0.4, -0.2) is 89.8 Å². The van der Waals surface area contributed by atoms with Crippen molar-refractivity contribution in [3.8, 4) is 5.75 Å². The number of nitrogens with one attached hydrogen (secondary N) is 2. The smallest absolute Gasteiger partial charge is 0.258 e. The van der Waals surface area contributed by atoms with Crippen molar-refractivity contribution in [3.05, 3.63) is 29.0 Å². The lowest BCUT2D eigenvalue weighted by Gasteiger charge is -2.56. The number of fused-ring (bicyclic) bond motifs is 3. The largest absolute Gasteiger partial charge is 0.484 e. The van der Waals surface area contributed by atoms with Gasteiger partial charge < -0.3 is 20.5 Å². The Morgan fingerprint density at radius 1 is 1.23 bits per heavy atom. The van der Waals surface area contributed by atoms with E-state index in [4.69, 9.17) is 16.3 Å². The topological polar surface area (TPSA) is 94.1 Å². The van der Waals surface area contributed by atoms with E-state index in [2.05, 4.69) is 27.4 Å². The van der Waals surface area contributed by atoms with Crippen LogP contribution >= 0.6 is 11.6 Å². The summed E-state index contributed by atoms with van der Waals surface area (Å²) in [6.45, 7) is 5.35. The minimum Gasteiger partial charge on any atom is -0.484 e.